The molecule has 1 aliphatic heterocycles. The van der Waals surface area contributed by atoms with E-state index >= 15 is 0 Å². The summed E-state index contributed by atoms with van der Waals surface area (Å²) in [6.45, 7) is 0. The summed E-state index contributed by atoms with van der Waals surface area (Å²) >= 11 is 2.73. The van der Waals surface area contributed by atoms with E-state index in [9.17, 15) is 9.59 Å². The highest BCUT2D eigenvalue weighted by Gasteiger charge is 2.42. The smallest absolute Gasteiger partial charge is 0.247 e. The molecule has 32 heavy (non-hydrogen) atoms. The maximum atomic E-state index is 13.3. The first-order chi connectivity index (χ1) is 15.7. The van der Waals surface area contributed by atoms with E-state index in [1.54, 1.807) is 4.68 Å². The third-order valence-corrected chi connectivity index (χ3v) is 7.06. The SMILES string of the molecule is O=C1C[C@H](Sc2nnnn2-c2ccccc2)C(=O)N1c1ccccc1Sc1ccccc1. The van der Waals surface area contributed by atoms with Crippen LogP contribution < -0.4 is 4.90 Å². The lowest BCUT2D eigenvalue weighted by Crippen LogP contribution is -2.31. The minimum atomic E-state index is -0.592. The molecule has 2 heterocycles. The largest absolute Gasteiger partial charge is 0.274 e. The lowest BCUT2D eigenvalue weighted by molar-refractivity contribution is -0.121. The van der Waals surface area contributed by atoms with Gasteiger partial charge < -0.3 is 0 Å². The second-order valence-corrected chi connectivity index (χ2v) is 9.25. The molecule has 7 nitrogen and oxygen atoms in total. The minimum absolute atomic E-state index is 0.0927. The maximum Gasteiger partial charge on any atom is 0.247 e. The van der Waals surface area contributed by atoms with E-state index in [1.165, 1.54) is 28.4 Å². The number of aromatic nitrogens is 4. The summed E-state index contributed by atoms with van der Waals surface area (Å²) in [5, 5.41) is 11.7. The van der Waals surface area contributed by atoms with Gasteiger partial charge in [-0.25, -0.2) is 4.90 Å². The first kappa shape index (κ1) is 20.5. The Kier molecular flexibility index (Phi) is 5.74. The number of benzene rings is 3. The number of anilines is 1. The van der Waals surface area contributed by atoms with Gasteiger partial charge in [0.1, 0.15) is 5.25 Å². The molecule has 9 heteroatoms. The Labute approximate surface area is 192 Å². The van der Waals surface area contributed by atoms with Crippen molar-refractivity contribution >= 4 is 41.0 Å². The minimum Gasteiger partial charge on any atom is -0.274 e. The zero-order valence-corrected chi connectivity index (χ0v) is 18.4. The second kappa shape index (κ2) is 8.97. The molecular formula is C23H17N5O2S2. The van der Waals surface area contributed by atoms with Crippen molar-refractivity contribution in [3.05, 3.63) is 84.9 Å². The van der Waals surface area contributed by atoms with Gasteiger partial charge in [0.05, 0.1) is 11.4 Å². The maximum absolute atomic E-state index is 13.3. The predicted molar refractivity (Wildman–Crippen MR) is 123 cm³/mol. The van der Waals surface area contributed by atoms with Crippen molar-refractivity contribution in [1.82, 2.24) is 20.2 Å². The van der Waals surface area contributed by atoms with Crippen molar-refractivity contribution in [2.45, 2.75) is 26.6 Å². The van der Waals surface area contributed by atoms with E-state index < -0.39 is 5.25 Å². The fourth-order valence-corrected chi connectivity index (χ4v) is 5.37. The van der Waals surface area contributed by atoms with Gasteiger partial charge in [0.25, 0.3) is 0 Å². The summed E-state index contributed by atoms with van der Waals surface area (Å²) in [5.74, 6) is -0.490. The average Bonchev–Trinajstić information content (AvgIpc) is 3.40. The Morgan fingerprint density at radius 3 is 2.31 bits per heavy atom. The van der Waals surface area contributed by atoms with Gasteiger partial charge in [-0.3, -0.25) is 9.59 Å². The van der Waals surface area contributed by atoms with Crippen LogP contribution in [0.4, 0.5) is 5.69 Å². The number of carbonyl (C=O) groups excluding carboxylic acids is 2. The van der Waals surface area contributed by atoms with E-state index in [2.05, 4.69) is 15.5 Å². The molecular weight excluding hydrogens is 442 g/mol. The first-order valence-electron chi connectivity index (χ1n) is 9.90. The third-order valence-electron chi connectivity index (χ3n) is 4.87. The van der Waals surface area contributed by atoms with Gasteiger partial charge in [-0.1, -0.05) is 72.1 Å². The Morgan fingerprint density at radius 1 is 0.844 bits per heavy atom. The van der Waals surface area contributed by atoms with Gasteiger partial charge in [0.15, 0.2) is 0 Å². The predicted octanol–water partition coefficient (Wildman–Crippen LogP) is 4.24. The molecule has 1 atom stereocenters. The lowest BCUT2D eigenvalue weighted by Gasteiger charge is -2.18. The second-order valence-electron chi connectivity index (χ2n) is 6.97. The number of thioether (sulfide) groups is 1. The lowest BCUT2D eigenvalue weighted by atomic mass is 10.3. The average molecular weight is 460 g/mol. The summed E-state index contributed by atoms with van der Waals surface area (Å²) in [7, 11) is 0. The standard InChI is InChI=1S/C23H17N5O2S2/c29-21-15-20(32-23-24-25-26-28(23)16-9-3-1-4-10-16)22(30)27(21)18-13-7-8-14-19(18)31-17-11-5-2-6-12-17/h1-14,20H,15H2/t20-/m0/s1. The fraction of sp³-hybridized carbons (Fsp3) is 0.0870. The molecule has 0 unspecified atom stereocenters. The van der Waals surface area contributed by atoms with Crippen LogP contribution in [0.25, 0.3) is 5.69 Å². The van der Waals surface area contributed by atoms with E-state index in [4.69, 9.17) is 0 Å². The van der Waals surface area contributed by atoms with Crippen molar-refractivity contribution in [3.63, 3.8) is 0 Å². The van der Waals surface area contributed by atoms with Gasteiger partial charge in [-0.2, -0.15) is 4.68 Å². The summed E-state index contributed by atoms with van der Waals surface area (Å²) in [4.78, 5) is 29.4. The quantitative estimate of drug-likeness (QED) is 0.399. The van der Waals surface area contributed by atoms with Crippen molar-refractivity contribution < 1.29 is 9.59 Å². The molecule has 1 saturated heterocycles. The van der Waals surface area contributed by atoms with Crippen molar-refractivity contribution in [2.75, 3.05) is 4.90 Å². The van der Waals surface area contributed by atoms with E-state index in [-0.39, 0.29) is 18.2 Å². The normalized spacial score (nSPS) is 16.0. The first-order valence-corrected chi connectivity index (χ1v) is 11.6. The molecule has 0 bridgehead atoms. The van der Waals surface area contributed by atoms with Gasteiger partial charge in [-0.05, 0) is 46.8 Å². The Hall–Kier alpha value is -3.43. The number of hydrogen-bond donors (Lipinski definition) is 0. The van der Waals surface area contributed by atoms with Gasteiger partial charge in [0, 0.05) is 16.2 Å². The molecule has 0 saturated carbocycles. The van der Waals surface area contributed by atoms with E-state index in [0.29, 0.717) is 10.8 Å². The van der Waals surface area contributed by atoms with E-state index in [0.717, 1.165) is 15.5 Å². The molecule has 0 N–H and O–H groups in total. The monoisotopic (exact) mass is 459 g/mol. The van der Waals surface area contributed by atoms with Crippen molar-refractivity contribution in [2.24, 2.45) is 0 Å². The van der Waals surface area contributed by atoms with Crippen LogP contribution in [-0.4, -0.2) is 37.3 Å². The van der Waals surface area contributed by atoms with Gasteiger partial charge in [-0.15, -0.1) is 5.10 Å². The number of nitrogens with zero attached hydrogens (tertiary/aromatic N) is 5. The fourth-order valence-electron chi connectivity index (χ4n) is 3.40. The van der Waals surface area contributed by atoms with Crippen molar-refractivity contribution in [1.29, 1.82) is 0 Å². The van der Waals surface area contributed by atoms with Crippen LogP contribution in [-0.2, 0) is 9.59 Å². The van der Waals surface area contributed by atoms with Crippen LogP contribution in [0.1, 0.15) is 6.42 Å². The zero-order chi connectivity index (χ0) is 21.9. The number of amides is 2. The van der Waals surface area contributed by atoms with Gasteiger partial charge in [0.2, 0.25) is 17.0 Å². The van der Waals surface area contributed by atoms with Crippen LogP contribution in [0.3, 0.4) is 0 Å². The number of para-hydroxylation sites is 2. The van der Waals surface area contributed by atoms with Crippen LogP contribution in [0.2, 0.25) is 0 Å². The number of hydrogen-bond acceptors (Lipinski definition) is 7. The molecule has 0 spiro atoms. The molecule has 3 aromatic carbocycles. The number of carbonyl (C=O) groups is 2. The third kappa shape index (κ3) is 4.04. The van der Waals surface area contributed by atoms with Gasteiger partial charge >= 0.3 is 0 Å². The molecule has 1 fully saturated rings. The Morgan fingerprint density at radius 2 is 1.53 bits per heavy atom. The molecule has 4 aromatic rings. The zero-order valence-electron chi connectivity index (χ0n) is 16.7. The van der Waals surface area contributed by atoms with Crippen LogP contribution in [0.15, 0.2) is 99.9 Å². The number of imide groups is 1. The number of rotatable bonds is 6. The van der Waals surface area contributed by atoms with Crippen molar-refractivity contribution in [3.8, 4) is 5.69 Å². The summed E-state index contributed by atoms with van der Waals surface area (Å²) < 4.78 is 1.57. The Bertz CT molecular complexity index is 1260. The summed E-state index contributed by atoms with van der Waals surface area (Å²) in [6, 6.07) is 26.8. The topological polar surface area (TPSA) is 81.0 Å². The molecule has 0 radical (unpaired) electrons. The van der Waals surface area contributed by atoms with Crippen LogP contribution in [0, 0.1) is 0 Å². The molecule has 2 amide bonds. The number of tetrazole rings is 1. The summed E-state index contributed by atoms with van der Waals surface area (Å²) in [6.07, 6.45) is 0.0927. The summed E-state index contributed by atoms with van der Waals surface area (Å²) in [5.41, 5.74) is 1.39. The highest BCUT2D eigenvalue weighted by atomic mass is 32.2. The molecule has 1 aliphatic rings. The highest BCUT2D eigenvalue weighted by Crippen LogP contribution is 2.39. The van der Waals surface area contributed by atoms with E-state index in [1.807, 2.05) is 84.9 Å². The molecule has 5 rings (SSSR count). The van der Waals surface area contributed by atoms with Crippen LogP contribution in [0.5, 0.6) is 0 Å². The molecule has 158 valence electrons. The molecule has 1 aromatic heterocycles. The highest BCUT2D eigenvalue weighted by molar-refractivity contribution is 8.00. The van der Waals surface area contributed by atoms with Crippen LogP contribution >= 0.6 is 23.5 Å². The molecule has 0 aliphatic carbocycles. The Balaban J connectivity index is 1.40.